The molecule has 5 nitrogen and oxygen atoms in total. The minimum absolute atomic E-state index is 0.563. The third-order valence-electron chi connectivity index (χ3n) is 5.14. The van der Waals surface area contributed by atoms with E-state index in [4.69, 9.17) is 14.2 Å². The van der Waals surface area contributed by atoms with Gasteiger partial charge in [-0.15, -0.1) is 0 Å². The summed E-state index contributed by atoms with van der Waals surface area (Å²) in [7, 11) is 3.31. The number of nitrogens with one attached hydrogen (secondary N) is 1. The number of nitrogens with zero attached hydrogens (tertiary/aromatic N) is 1. The summed E-state index contributed by atoms with van der Waals surface area (Å²) in [5.41, 5.74) is 3.54. The Labute approximate surface area is 168 Å². The number of ether oxygens (including phenoxy) is 3. The highest BCUT2D eigenvalue weighted by Crippen LogP contribution is 2.39. The molecule has 1 saturated heterocycles. The average Bonchev–Trinajstić information content (AvgIpc) is 3.02. The molecule has 0 saturated carbocycles. The van der Waals surface area contributed by atoms with Gasteiger partial charge in [0, 0.05) is 19.6 Å². The van der Waals surface area contributed by atoms with E-state index in [-0.39, 0.29) is 0 Å². The molecule has 2 aromatic carbocycles. The largest absolute Gasteiger partial charge is 0.493 e. The van der Waals surface area contributed by atoms with Crippen LogP contribution in [0.25, 0.3) is 0 Å². The lowest BCUT2D eigenvalue weighted by Crippen LogP contribution is -2.24. The molecule has 0 aromatic heterocycles. The molecule has 1 aliphatic heterocycles. The molecule has 5 heteroatoms. The van der Waals surface area contributed by atoms with Crippen molar-refractivity contribution in [1.29, 1.82) is 0 Å². The topological polar surface area (TPSA) is 43.0 Å². The maximum atomic E-state index is 5.70. The fourth-order valence-corrected chi connectivity index (χ4v) is 3.73. The number of hydrogen-bond acceptors (Lipinski definition) is 5. The van der Waals surface area contributed by atoms with E-state index in [1.165, 1.54) is 31.4 Å². The van der Waals surface area contributed by atoms with E-state index in [1.807, 2.05) is 19.1 Å². The lowest BCUT2D eigenvalue weighted by Gasteiger charge is -2.26. The van der Waals surface area contributed by atoms with Crippen molar-refractivity contribution < 1.29 is 14.2 Å². The Morgan fingerprint density at radius 3 is 2.18 bits per heavy atom. The molecule has 0 amide bonds. The second-order valence-corrected chi connectivity index (χ2v) is 7.03. The smallest absolute Gasteiger partial charge is 0.203 e. The zero-order chi connectivity index (χ0) is 19.8. The molecule has 0 unspecified atom stereocenters. The fourth-order valence-electron chi connectivity index (χ4n) is 3.73. The van der Waals surface area contributed by atoms with Gasteiger partial charge in [0.1, 0.15) is 0 Å². The molecule has 1 aliphatic rings. The maximum Gasteiger partial charge on any atom is 0.203 e. The molecule has 2 aromatic rings. The van der Waals surface area contributed by atoms with Gasteiger partial charge in [0.15, 0.2) is 11.5 Å². The molecule has 1 heterocycles. The molecular formula is C23H32N2O3. The highest BCUT2D eigenvalue weighted by molar-refractivity contribution is 5.70. The van der Waals surface area contributed by atoms with Crippen molar-refractivity contribution >= 4 is 11.4 Å². The van der Waals surface area contributed by atoms with Crippen molar-refractivity contribution in [2.24, 2.45) is 0 Å². The number of para-hydroxylation sites is 2. The predicted octanol–water partition coefficient (Wildman–Crippen LogP) is 5.10. The first-order chi connectivity index (χ1) is 13.8. The van der Waals surface area contributed by atoms with Crippen molar-refractivity contribution in [3.63, 3.8) is 0 Å². The molecule has 28 heavy (non-hydrogen) atoms. The molecule has 3 rings (SSSR count). The quantitative estimate of drug-likeness (QED) is 0.686. The third kappa shape index (κ3) is 4.83. The Morgan fingerprint density at radius 2 is 1.57 bits per heavy atom. The van der Waals surface area contributed by atoms with Crippen molar-refractivity contribution in [2.75, 3.05) is 44.1 Å². The molecule has 152 valence electrons. The summed E-state index contributed by atoms with van der Waals surface area (Å²) in [6, 6.07) is 12.6. The summed E-state index contributed by atoms with van der Waals surface area (Å²) in [5.74, 6) is 2.04. The normalized spacial score (nSPS) is 14.3. The Hall–Kier alpha value is -2.56. The first-order valence-electron chi connectivity index (χ1n) is 10.2. The van der Waals surface area contributed by atoms with Gasteiger partial charge in [0.25, 0.3) is 0 Å². The monoisotopic (exact) mass is 384 g/mol. The van der Waals surface area contributed by atoms with Gasteiger partial charge in [-0.2, -0.15) is 0 Å². The van der Waals surface area contributed by atoms with E-state index < -0.39 is 0 Å². The van der Waals surface area contributed by atoms with E-state index in [2.05, 4.69) is 34.5 Å². The molecule has 1 N–H and O–H groups in total. The van der Waals surface area contributed by atoms with Gasteiger partial charge in [0.2, 0.25) is 5.75 Å². The van der Waals surface area contributed by atoms with E-state index in [9.17, 15) is 0 Å². The zero-order valence-corrected chi connectivity index (χ0v) is 17.3. The van der Waals surface area contributed by atoms with Gasteiger partial charge >= 0.3 is 0 Å². The number of hydrogen-bond donors (Lipinski definition) is 1. The Kier molecular flexibility index (Phi) is 7.29. The number of benzene rings is 2. The van der Waals surface area contributed by atoms with Gasteiger partial charge < -0.3 is 24.4 Å². The summed E-state index contributed by atoms with van der Waals surface area (Å²) < 4.78 is 16.8. The summed E-state index contributed by atoms with van der Waals surface area (Å²) >= 11 is 0. The van der Waals surface area contributed by atoms with Crippen LogP contribution in [-0.4, -0.2) is 33.9 Å². The summed E-state index contributed by atoms with van der Waals surface area (Å²) in [4.78, 5) is 2.51. The van der Waals surface area contributed by atoms with Gasteiger partial charge in [-0.3, -0.25) is 0 Å². The van der Waals surface area contributed by atoms with Gasteiger partial charge in [0.05, 0.1) is 32.2 Å². The van der Waals surface area contributed by atoms with Gasteiger partial charge in [-0.05, 0) is 49.6 Å². The van der Waals surface area contributed by atoms with Crippen LogP contribution < -0.4 is 24.4 Å². The van der Waals surface area contributed by atoms with Gasteiger partial charge in [-0.1, -0.05) is 25.0 Å². The standard InChI is InChI=1S/C23H32N2O3/c1-4-28-23-21(26-2)15-18(16-22(23)27-3)17-24-19-11-7-8-12-20(19)25-13-9-5-6-10-14-25/h7-8,11-12,15-16,24H,4-6,9-10,13-14,17H2,1-3H3. The number of rotatable bonds is 8. The minimum Gasteiger partial charge on any atom is -0.493 e. The van der Waals surface area contributed by atoms with Gasteiger partial charge in [-0.25, -0.2) is 0 Å². The first kappa shape index (κ1) is 20.2. The van der Waals surface area contributed by atoms with E-state index in [0.29, 0.717) is 30.4 Å². The van der Waals surface area contributed by atoms with Crippen molar-refractivity contribution in [3.8, 4) is 17.2 Å². The van der Waals surface area contributed by atoms with Crippen LogP contribution in [-0.2, 0) is 6.54 Å². The summed E-state index contributed by atoms with van der Waals surface area (Å²) in [6.45, 7) is 5.46. The third-order valence-corrected chi connectivity index (χ3v) is 5.14. The van der Waals surface area contributed by atoms with Crippen LogP contribution in [0.3, 0.4) is 0 Å². The van der Waals surface area contributed by atoms with Crippen molar-refractivity contribution in [3.05, 3.63) is 42.0 Å². The van der Waals surface area contributed by atoms with E-state index >= 15 is 0 Å². The molecule has 0 aliphatic carbocycles. The van der Waals surface area contributed by atoms with Crippen LogP contribution in [0.1, 0.15) is 38.2 Å². The van der Waals surface area contributed by atoms with Crippen LogP contribution in [0.5, 0.6) is 17.2 Å². The number of methoxy groups -OCH3 is 2. The lowest BCUT2D eigenvalue weighted by molar-refractivity contribution is 0.288. The molecule has 0 atom stereocenters. The van der Waals surface area contributed by atoms with Crippen LogP contribution in [0, 0.1) is 0 Å². The average molecular weight is 385 g/mol. The first-order valence-corrected chi connectivity index (χ1v) is 10.2. The van der Waals surface area contributed by atoms with E-state index in [1.54, 1.807) is 14.2 Å². The summed E-state index contributed by atoms with van der Waals surface area (Å²) in [6.07, 6.45) is 5.19. The molecule has 0 radical (unpaired) electrons. The predicted molar refractivity (Wildman–Crippen MR) is 115 cm³/mol. The highest BCUT2D eigenvalue weighted by atomic mass is 16.5. The van der Waals surface area contributed by atoms with Crippen LogP contribution in [0.15, 0.2) is 36.4 Å². The van der Waals surface area contributed by atoms with Crippen LogP contribution >= 0.6 is 0 Å². The zero-order valence-electron chi connectivity index (χ0n) is 17.3. The van der Waals surface area contributed by atoms with Crippen LogP contribution in [0.4, 0.5) is 11.4 Å². The van der Waals surface area contributed by atoms with Crippen molar-refractivity contribution in [1.82, 2.24) is 0 Å². The highest BCUT2D eigenvalue weighted by Gasteiger charge is 2.16. The lowest BCUT2D eigenvalue weighted by atomic mass is 10.1. The summed E-state index contributed by atoms with van der Waals surface area (Å²) in [5, 5.41) is 3.61. The van der Waals surface area contributed by atoms with Crippen LogP contribution in [0.2, 0.25) is 0 Å². The fraction of sp³-hybridized carbons (Fsp3) is 0.478. The molecule has 0 spiro atoms. The molecule has 1 fully saturated rings. The Morgan fingerprint density at radius 1 is 0.929 bits per heavy atom. The maximum absolute atomic E-state index is 5.70. The number of anilines is 2. The Bertz CT molecular complexity index is 730. The Balaban J connectivity index is 1.79. The molecular weight excluding hydrogens is 352 g/mol. The van der Waals surface area contributed by atoms with Crippen molar-refractivity contribution in [2.45, 2.75) is 39.2 Å². The second kappa shape index (κ2) is 10.1. The minimum atomic E-state index is 0.563. The molecule has 0 bridgehead atoms. The van der Waals surface area contributed by atoms with E-state index in [0.717, 1.165) is 24.3 Å². The SMILES string of the molecule is CCOc1c(OC)cc(CNc2ccccc2N2CCCCCC2)cc1OC. The second-order valence-electron chi connectivity index (χ2n) is 7.03.